The SMILES string of the molecule is [N-]=[N+]=NCCOCCOCCOCCOCCOCCOCCOCCOCCC(=O)Oc1c(F)c(F)c(F)c(F)c1F. The van der Waals surface area contributed by atoms with E-state index in [4.69, 9.17) is 43.4 Å². The number of ether oxygens (including phenoxy) is 9. The maximum atomic E-state index is 13.5. The molecule has 0 N–H and O–H groups in total. The summed E-state index contributed by atoms with van der Waals surface area (Å²) in [6.45, 7) is 5.34. The minimum absolute atomic E-state index is 0.0788. The number of nitrogens with zero attached hydrogens (tertiary/aromatic N) is 3. The van der Waals surface area contributed by atoms with Crippen LogP contribution in [-0.4, -0.2) is 118 Å². The Hall–Kier alpha value is -2.67. The Morgan fingerprint density at radius 1 is 0.512 bits per heavy atom. The van der Waals surface area contributed by atoms with Crippen molar-refractivity contribution in [2.75, 3.05) is 112 Å². The molecule has 0 atom stereocenters. The Labute approximate surface area is 245 Å². The Bertz CT molecular complexity index is 932. The fourth-order valence-electron chi connectivity index (χ4n) is 2.79. The van der Waals surface area contributed by atoms with Crippen molar-refractivity contribution >= 4 is 5.97 Å². The molecule has 1 aromatic carbocycles. The van der Waals surface area contributed by atoms with Gasteiger partial charge in [0.2, 0.25) is 34.8 Å². The molecule has 0 aromatic heterocycles. The molecule has 18 heteroatoms. The third-order valence-corrected chi connectivity index (χ3v) is 4.84. The topological polar surface area (TPSA) is 149 Å². The van der Waals surface area contributed by atoms with Crippen molar-refractivity contribution < 1.29 is 69.4 Å². The molecule has 1 rings (SSSR count). The van der Waals surface area contributed by atoms with Gasteiger partial charge >= 0.3 is 5.97 Å². The summed E-state index contributed by atoms with van der Waals surface area (Å²) in [6.07, 6.45) is -0.488. The molecule has 246 valence electrons. The highest BCUT2D eigenvalue weighted by atomic mass is 19.2. The van der Waals surface area contributed by atoms with Crippen LogP contribution in [0.4, 0.5) is 22.0 Å². The fourth-order valence-corrected chi connectivity index (χ4v) is 2.79. The van der Waals surface area contributed by atoms with Crippen LogP contribution in [0.25, 0.3) is 10.4 Å². The predicted octanol–water partition coefficient (Wildman–Crippen LogP) is 3.12. The predicted molar refractivity (Wildman–Crippen MR) is 137 cm³/mol. The molecule has 0 saturated carbocycles. The van der Waals surface area contributed by atoms with Gasteiger partial charge in [-0.15, -0.1) is 0 Å². The minimum atomic E-state index is -2.35. The molecule has 13 nitrogen and oxygen atoms in total. The van der Waals surface area contributed by atoms with Crippen LogP contribution >= 0.6 is 0 Å². The number of benzene rings is 1. The summed E-state index contributed by atoms with van der Waals surface area (Å²) in [5, 5.41) is 3.34. The van der Waals surface area contributed by atoms with Gasteiger partial charge in [0, 0.05) is 11.5 Å². The normalized spacial score (nSPS) is 11.1. The van der Waals surface area contributed by atoms with Crippen LogP contribution in [0.5, 0.6) is 5.75 Å². The minimum Gasteiger partial charge on any atom is -0.420 e. The number of rotatable bonds is 28. The van der Waals surface area contributed by atoms with Crippen LogP contribution in [-0.2, 0) is 42.7 Å². The first-order valence-corrected chi connectivity index (χ1v) is 13.2. The molecular weight excluding hydrogens is 597 g/mol. The highest BCUT2D eigenvalue weighted by Gasteiger charge is 2.28. The summed E-state index contributed by atoms with van der Waals surface area (Å²) in [4.78, 5) is 14.2. The van der Waals surface area contributed by atoms with E-state index in [1.54, 1.807) is 0 Å². The second kappa shape index (κ2) is 25.8. The molecule has 0 amide bonds. The van der Waals surface area contributed by atoms with Crippen LogP contribution in [0.1, 0.15) is 6.42 Å². The lowest BCUT2D eigenvalue weighted by Gasteiger charge is -2.09. The van der Waals surface area contributed by atoms with E-state index >= 15 is 0 Å². The quantitative estimate of drug-likeness (QED) is 0.0155. The molecule has 0 aliphatic rings. The zero-order valence-corrected chi connectivity index (χ0v) is 23.5. The number of carbonyl (C=O) groups excluding carboxylic acids is 1. The first-order chi connectivity index (χ1) is 20.9. The van der Waals surface area contributed by atoms with Crippen LogP contribution in [0.2, 0.25) is 0 Å². The highest BCUT2D eigenvalue weighted by Crippen LogP contribution is 2.29. The van der Waals surface area contributed by atoms with Crippen LogP contribution in [0.3, 0.4) is 0 Å². The van der Waals surface area contributed by atoms with Gasteiger partial charge in [-0.05, 0) is 5.53 Å². The van der Waals surface area contributed by atoms with Crippen LogP contribution in [0, 0.1) is 29.1 Å². The molecule has 1 aromatic rings. The fraction of sp³-hybridized carbons (Fsp3) is 0.720. The molecule has 0 aliphatic heterocycles. The van der Waals surface area contributed by atoms with Gasteiger partial charge in [-0.2, -0.15) is 8.78 Å². The largest absolute Gasteiger partial charge is 0.420 e. The van der Waals surface area contributed by atoms with Crippen molar-refractivity contribution in [1.29, 1.82) is 0 Å². The maximum absolute atomic E-state index is 13.5. The summed E-state index contributed by atoms with van der Waals surface area (Å²) in [5.41, 5.74) is 8.11. The Kier molecular flexibility index (Phi) is 23.0. The molecule has 0 heterocycles. The molecule has 0 radical (unpaired) electrons. The smallest absolute Gasteiger partial charge is 0.313 e. The van der Waals surface area contributed by atoms with Crippen molar-refractivity contribution in [3.8, 4) is 5.75 Å². The summed E-state index contributed by atoms with van der Waals surface area (Å²) in [5.74, 6) is -14.2. The van der Waals surface area contributed by atoms with E-state index in [9.17, 15) is 26.7 Å². The first kappa shape index (κ1) is 38.4. The third-order valence-electron chi connectivity index (χ3n) is 4.84. The molecule has 43 heavy (non-hydrogen) atoms. The van der Waals surface area contributed by atoms with Crippen molar-refractivity contribution in [3.63, 3.8) is 0 Å². The zero-order chi connectivity index (χ0) is 31.5. The Balaban J connectivity index is 1.81. The number of halogens is 5. The van der Waals surface area contributed by atoms with Gasteiger partial charge in [0.1, 0.15) is 0 Å². The molecular formula is C25H36F5N3O10. The second-order valence-electron chi connectivity index (χ2n) is 7.98. The number of azide groups is 1. The Morgan fingerprint density at radius 3 is 1.16 bits per heavy atom. The summed E-state index contributed by atoms with van der Waals surface area (Å²) in [6, 6.07) is 0. The van der Waals surface area contributed by atoms with Crippen molar-refractivity contribution in [3.05, 3.63) is 39.5 Å². The number of hydrogen-bond acceptors (Lipinski definition) is 11. The monoisotopic (exact) mass is 633 g/mol. The van der Waals surface area contributed by atoms with E-state index in [0.29, 0.717) is 85.8 Å². The summed E-state index contributed by atoms with van der Waals surface area (Å²) < 4.78 is 113. The van der Waals surface area contributed by atoms with E-state index < -0.39 is 47.2 Å². The van der Waals surface area contributed by atoms with E-state index in [0.717, 1.165) is 0 Å². The average molecular weight is 634 g/mol. The highest BCUT2D eigenvalue weighted by molar-refractivity contribution is 5.72. The van der Waals surface area contributed by atoms with Crippen molar-refractivity contribution in [1.82, 2.24) is 0 Å². The molecule has 0 spiro atoms. The van der Waals surface area contributed by atoms with Gasteiger partial charge in [0.15, 0.2) is 0 Å². The van der Waals surface area contributed by atoms with E-state index in [2.05, 4.69) is 14.8 Å². The van der Waals surface area contributed by atoms with E-state index in [1.807, 2.05) is 0 Å². The van der Waals surface area contributed by atoms with Crippen LogP contribution in [0.15, 0.2) is 5.11 Å². The van der Waals surface area contributed by atoms with Gasteiger partial charge in [0.05, 0.1) is 112 Å². The molecule has 0 unspecified atom stereocenters. The van der Waals surface area contributed by atoms with Gasteiger partial charge in [-0.25, -0.2) is 13.2 Å². The lowest BCUT2D eigenvalue weighted by molar-refractivity contribution is -0.136. The van der Waals surface area contributed by atoms with Crippen molar-refractivity contribution in [2.45, 2.75) is 6.42 Å². The molecule has 0 aliphatic carbocycles. The second-order valence-corrected chi connectivity index (χ2v) is 7.98. The molecule has 0 saturated heterocycles. The summed E-state index contributed by atoms with van der Waals surface area (Å²) in [7, 11) is 0. The van der Waals surface area contributed by atoms with Gasteiger partial charge in [-0.1, -0.05) is 5.11 Å². The number of hydrogen-bond donors (Lipinski definition) is 0. The third kappa shape index (κ3) is 18.6. The first-order valence-electron chi connectivity index (χ1n) is 13.2. The van der Waals surface area contributed by atoms with Gasteiger partial charge < -0.3 is 42.6 Å². The lowest BCUT2D eigenvalue weighted by Crippen LogP contribution is -2.16. The van der Waals surface area contributed by atoms with Gasteiger partial charge in [0.25, 0.3) is 0 Å². The molecule has 0 fully saturated rings. The number of carbonyl (C=O) groups is 1. The van der Waals surface area contributed by atoms with Crippen LogP contribution < -0.4 is 4.74 Å². The zero-order valence-electron chi connectivity index (χ0n) is 23.5. The van der Waals surface area contributed by atoms with E-state index in [1.165, 1.54) is 0 Å². The average Bonchev–Trinajstić information content (AvgIpc) is 3.00. The number of esters is 1. The van der Waals surface area contributed by atoms with E-state index in [-0.39, 0.29) is 26.4 Å². The van der Waals surface area contributed by atoms with Crippen molar-refractivity contribution in [2.24, 2.45) is 5.11 Å². The maximum Gasteiger partial charge on any atom is 0.313 e. The summed E-state index contributed by atoms with van der Waals surface area (Å²) >= 11 is 0. The molecule has 0 bridgehead atoms. The Morgan fingerprint density at radius 2 is 0.814 bits per heavy atom. The van der Waals surface area contributed by atoms with Gasteiger partial charge in [-0.3, -0.25) is 4.79 Å². The lowest BCUT2D eigenvalue weighted by atomic mass is 10.2. The standard InChI is InChI=1S/C25H36F5N3O10/c26-20-21(27)23(29)25(24(30)22(20)28)43-19(34)1-3-35-5-7-37-9-11-39-13-15-41-17-18-42-16-14-40-12-10-38-8-6-36-4-2-32-33-31/h1-18H2.